The molecule has 6 nitrogen and oxygen atoms in total. The van der Waals surface area contributed by atoms with Crippen LogP contribution in [0.3, 0.4) is 0 Å². The smallest absolute Gasteiger partial charge is 0.352 e. The Balaban J connectivity index is 1.91. The first-order chi connectivity index (χ1) is 12.1. The Morgan fingerprint density at radius 1 is 1.16 bits per heavy atom. The summed E-state index contributed by atoms with van der Waals surface area (Å²) in [5.74, 6) is 0.127. The van der Waals surface area contributed by atoms with E-state index in [0.29, 0.717) is 22.4 Å². The van der Waals surface area contributed by atoms with Gasteiger partial charge in [-0.05, 0) is 29.8 Å². The number of aromatic nitrogens is 1. The topological polar surface area (TPSA) is 77.8 Å². The molecule has 0 saturated carbocycles. The largest absolute Gasteiger partial charge is 0.477 e. The molecule has 0 unspecified atom stereocenters. The number of benzene rings is 2. The van der Waals surface area contributed by atoms with Crippen molar-refractivity contribution in [1.82, 2.24) is 4.57 Å². The van der Waals surface area contributed by atoms with E-state index >= 15 is 0 Å². The van der Waals surface area contributed by atoms with Crippen LogP contribution in [0.2, 0.25) is 0 Å². The summed E-state index contributed by atoms with van der Waals surface area (Å²) >= 11 is 0. The zero-order valence-corrected chi connectivity index (χ0v) is 13.5. The van der Waals surface area contributed by atoms with Crippen LogP contribution in [0, 0.1) is 0 Å². The van der Waals surface area contributed by atoms with Crippen molar-refractivity contribution >= 4 is 16.9 Å². The first-order valence-electron chi connectivity index (χ1n) is 7.78. The van der Waals surface area contributed by atoms with E-state index in [0.717, 1.165) is 5.56 Å². The fraction of sp³-hybridized carbons (Fsp3) is 0.158. The van der Waals surface area contributed by atoms with Crippen LogP contribution >= 0.6 is 0 Å². The summed E-state index contributed by atoms with van der Waals surface area (Å²) in [6.45, 7) is 0.164. The molecular weight excluding hydrogens is 322 g/mol. The molecule has 0 radical (unpaired) electrons. The Labute approximate surface area is 142 Å². The van der Waals surface area contributed by atoms with Gasteiger partial charge in [-0.25, -0.2) is 4.79 Å². The molecule has 126 valence electrons. The normalized spacial score (nSPS) is 12.5. The van der Waals surface area contributed by atoms with Gasteiger partial charge in [0, 0.05) is 24.4 Å². The third-order valence-electron chi connectivity index (χ3n) is 4.43. The summed E-state index contributed by atoms with van der Waals surface area (Å²) in [5.41, 5.74) is 1.39. The standard InChI is InChI=1S/C19H15NO5/c1-20-14-5-3-2-4-12(14)18(21)13(17(20)19(22)23)8-11-6-7-15-16(9-11)25-10-24-15/h2-7,9H,8,10H2,1H3,(H,22,23). The molecule has 0 aliphatic carbocycles. The fourth-order valence-corrected chi connectivity index (χ4v) is 3.24. The van der Waals surface area contributed by atoms with Crippen LogP contribution < -0.4 is 14.9 Å². The number of ether oxygens (including phenoxy) is 2. The predicted molar refractivity (Wildman–Crippen MR) is 91.5 cm³/mol. The van der Waals surface area contributed by atoms with Crippen molar-refractivity contribution in [3.63, 3.8) is 0 Å². The van der Waals surface area contributed by atoms with Crippen molar-refractivity contribution in [1.29, 1.82) is 0 Å². The van der Waals surface area contributed by atoms with Gasteiger partial charge in [0.25, 0.3) is 0 Å². The van der Waals surface area contributed by atoms with Crippen LogP contribution in [0.25, 0.3) is 10.9 Å². The number of rotatable bonds is 3. The molecule has 1 aliphatic heterocycles. The van der Waals surface area contributed by atoms with Crippen molar-refractivity contribution < 1.29 is 19.4 Å². The molecule has 0 fully saturated rings. The number of carboxylic acid groups (broad SMARTS) is 1. The van der Waals surface area contributed by atoms with Crippen LogP contribution in [0.1, 0.15) is 21.6 Å². The van der Waals surface area contributed by atoms with E-state index in [2.05, 4.69) is 0 Å². The molecule has 25 heavy (non-hydrogen) atoms. The molecule has 0 spiro atoms. The molecular formula is C19H15NO5. The van der Waals surface area contributed by atoms with E-state index in [4.69, 9.17) is 9.47 Å². The van der Waals surface area contributed by atoms with Crippen molar-refractivity contribution in [2.75, 3.05) is 6.79 Å². The van der Waals surface area contributed by atoms with Gasteiger partial charge in [0.15, 0.2) is 16.9 Å². The van der Waals surface area contributed by atoms with Gasteiger partial charge in [0.1, 0.15) is 5.69 Å². The number of fused-ring (bicyclic) bond motifs is 2. The number of hydrogen-bond donors (Lipinski definition) is 1. The summed E-state index contributed by atoms with van der Waals surface area (Å²) in [6, 6.07) is 12.4. The van der Waals surface area contributed by atoms with Gasteiger partial charge >= 0.3 is 5.97 Å². The molecule has 6 heteroatoms. The number of carbonyl (C=O) groups is 1. The van der Waals surface area contributed by atoms with Crippen molar-refractivity contribution in [2.45, 2.75) is 6.42 Å². The van der Waals surface area contributed by atoms with Crippen LogP contribution in [-0.2, 0) is 13.5 Å². The molecule has 0 amide bonds. The number of para-hydroxylation sites is 1. The minimum absolute atomic E-state index is 0.00127. The Kier molecular flexibility index (Phi) is 3.46. The molecule has 3 aromatic rings. The third kappa shape index (κ3) is 2.42. The number of nitrogens with zero attached hydrogens (tertiary/aromatic N) is 1. The molecule has 2 heterocycles. The van der Waals surface area contributed by atoms with Gasteiger partial charge in [-0.3, -0.25) is 4.79 Å². The number of aryl methyl sites for hydroxylation is 1. The lowest BCUT2D eigenvalue weighted by Gasteiger charge is -2.14. The quantitative estimate of drug-likeness (QED) is 0.795. The highest BCUT2D eigenvalue weighted by Gasteiger charge is 2.21. The summed E-state index contributed by atoms with van der Waals surface area (Å²) in [6.07, 6.45) is 0.204. The lowest BCUT2D eigenvalue weighted by atomic mass is 9.99. The van der Waals surface area contributed by atoms with E-state index in [9.17, 15) is 14.7 Å². The van der Waals surface area contributed by atoms with E-state index in [1.165, 1.54) is 0 Å². The lowest BCUT2D eigenvalue weighted by molar-refractivity contribution is 0.0685. The molecule has 1 aromatic heterocycles. The van der Waals surface area contributed by atoms with Gasteiger partial charge in [-0.15, -0.1) is 0 Å². The summed E-state index contributed by atoms with van der Waals surface area (Å²) in [7, 11) is 1.66. The highest BCUT2D eigenvalue weighted by Crippen LogP contribution is 2.33. The summed E-state index contributed by atoms with van der Waals surface area (Å²) in [4.78, 5) is 24.7. The van der Waals surface area contributed by atoms with Crippen LogP contribution in [0.5, 0.6) is 11.5 Å². The zero-order valence-electron chi connectivity index (χ0n) is 13.5. The summed E-state index contributed by atoms with van der Waals surface area (Å²) < 4.78 is 12.2. The van der Waals surface area contributed by atoms with Crippen molar-refractivity contribution in [3.8, 4) is 11.5 Å². The second-order valence-corrected chi connectivity index (χ2v) is 5.90. The van der Waals surface area contributed by atoms with E-state index in [1.54, 1.807) is 48.0 Å². The summed E-state index contributed by atoms with van der Waals surface area (Å²) in [5, 5.41) is 10.2. The Bertz CT molecular complexity index is 1070. The lowest BCUT2D eigenvalue weighted by Crippen LogP contribution is -2.23. The molecule has 0 saturated heterocycles. The van der Waals surface area contributed by atoms with Crippen molar-refractivity contribution in [3.05, 3.63) is 69.5 Å². The molecule has 1 N–H and O–H groups in total. The minimum Gasteiger partial charge on any atom is -0.477 e. The highest BCUT2D eigenvalue weighted by atomic mass is 16.7. The first-order valence-corrected chi connectivity index (χ1v) is 7.78. The van der Waals surface area contributed by atoms with E-state index in [-0.39, 0.29) is 29.9 Å². The number of hydrogen-bond acceptors (Lipinski definition) is 4. The second kappa shape index (κ2) is 5.66. The average molecular weight is 337 g/mol. The number of pyridine rings is 1. The molecule has 4 rings (SSSR count). The number of carboxylic acids is 1. The molecule has 1 aliphatic rings. The van der Waals surface area contributed by atoms with Crippen LogP contribution in [-0.4, -0.2) is 22.4 Å². The van der Waals surface area contributed by atoms with Gasteiger partial charge in [-0.2, -0.15) is 0 Å². The van der Waals surface area contributed by atoms with E-state index in [1.807, 2.05) is 6.07 Å². The molecule has 2 aromatic carbocycles. The molecule has 0 bridgehead atoms. The first kappa shape index (κ1) is 15.3. The molecule has 0 atom stereocenters. The zero-order chi connectivity index (χ0) is 17.6. The van der Waals surface area contributed by atoms with Crippen molar-refractivity contribution in [2.24, 2.45) is 7.05 Å². The maximum atomic E-state index is 12.9. The fourth-order valence-electron chi connectivity index (χ4n) is 3.24. The van der Waals surface area contributed by atoms with Gasteiger partial charge in [0.05, 0.1) is 5.52 Å². The Morgan fingerprint density at radius 2 is 1.92 bits per heavy atom. The van der Waals surface area contributed by atoms with Gasteiger partial charge in [0.2, 0.25) is 6.79 Å². The highest BCUT2D eigenvalue weighted by molar-refractivity contribution is 5.92. The maximum absolute atomic E-state index is 12.9. The monoisotopic (exact) mass is 337 g/mol. The third-order valence-corrected chi connectivity index (χ3v) is 4.43. The SMILES string of the molecule is Cn1c(C(=O)O)c(Cc2ccc3c(c2)OCO3)c(=O)c2ccccc21. The van der Waals surface area contributed by atoms with Gasteiger partial charge in [-0.1, -0.05) is 18.2 Å². The Hall–Kier alpha value is -3.28. The number of aromatic carboxylic acids is 1. The predicted octanol–water partition coefficient (Wildman–Crippen LogP) is 2.56. The average Bonchev–Trinajstić information content (AvgIpc) is 3.07. The van der Waals surface area contributed by atoms with Crippen LogP contribution in [0.4, 0.5) is 0 Å². The Morgan fingerprint density at radius 3 is 2.72 bits per heavy atom. The maximum Gasteiger partial charge on any atom is 0.352 e. The van der Waals surface area contributed by atoms with Gasteiger partial charge < -0.3 is 19.1 Å². The van der Waals surface area contributed by atoms with Crippen LogP contribution in [0.15, 0.2) is 47.3 Å². The van der Waals surface area contributed by atoms with E-state index < -0.39 is 5.97 Å². The second-order valence-electron chi connectivity index (χ2n) is 5.90. The minimum atomic E-state index is -1.12.